The molecular formula is C29H41N3O4S. The molecule has 8 heteroatoms. The summed E-state index contributed by atoms with van der Waals surface area (Å²) in [5.41, 5.74) is 4.61. The van der Waals surface area contributed by atoms with Crippen molar-refractivity contribution >= 4 is 27.5 Å². The summed E-state index contributed by atoms with van der Waals surface area (Å²) in [6.45, 7) is 8.16. The first-order chi connectivity index (χ1) is 17.5. The lowest BCUT2D eigenvalue weighted by Gasteiger charge is -2.30. The van der Waals surface area contributed by atoms with Crippen molar-refractivity contribution < 1.29 is 18.0 Å². The Kier molecular flexibility index (Phi) is 9.76. The quantitative estimate of drug-likeness (QED) is 0.461. The van der Waals surface area contributed by atoms with Crippen LogP contribution in [-0.2, 0) is 26.2 Å². The predicted molar refractivity (Wildman–Crippen MR) is 149 cm³/mol. The van der Waals surface area contributed by atoms with Crippen LogP contribution in [0.25, 0.3) is 0 Å². The minimum Gasteiger partial charge on any atom is -0.352 e. The molecule has 7 nitrogen and oxygen atoms in total. The molecule has 1 atom stereocenters. The van der Waals surface area contributed by atoms with Gasteiger partial charge in [-0.05, 0) is 81.3 Å². The van der Waals surface area contributed by atoms with Crippen molar-refractivity contribution in [1.29, 1.82) is 0 Å². The maximum atomic E-state index is 13.5. The molecule has 1 fully saturated rings. The van der Waals surface area contributed by atoms with Gasteiger partial charge in [-0.25, -0.2) is 8.42 Å². The zero-order valence-electron chi connectivity index (χ0n) is 22.8. The van der Waals surface area contributed by atoms with Gasteiger partial charge in [0.1, 0.15) is 6.04 Å². The smallest absolute Gasteiger partial charge is 0.242 e. The third-order valence-electron chi connectivity index (χ3n) is 7.12. The number of anilines is 1. The lowest BCUT2D eigenvalue weighted by Crippen LogP contribution is -2.49. The molecule has 3 rings (SSSR count). The number of nitrogens with one attached hydrogen (secondary N) is 1. The van der Waals surface area contributed by atoms with E-state index in [-0.39, 0.29) is 30.8 Å². The van der Waals surface area contributed by atoms with Crippen molar-refractivity contribution in [2.45, 2.75) is 84.8 Å². The number of nitrogens with zero attached hydrogens (tertiary/aromatic N) is 2. The van der Waals surface area contributed by atoms with Gasteiger partial charge in [-0.1, -0.05) is 43.2 Å². The van der Waals surface area contributed by atoms with Crippen LogP contribution >= 0.6 is 0 Å². The standard InChI is InChI=1S/C29H41N3O4S/c1-21-17-22(2)19-27(18-21)32(37(5,35)36)16-10-15-28(33)31(20-25-12-7-6-11-23(25)3)24(4)29(34)30-26-13-8-9-14-26/h6-7,11-12,17-19,24,26H,8-10,13-16,20H2,1-5H3,(H,30,34)/t24-/m1/s1. The van der Waals surface area contributed by atoms with Crippen molar-refractivity contribution in [3.05, 3.63) is 64.7 Å². The van der Waals surface area contributed by atoms with Gasteiger partial charge in [0.25, 0.3) is 0 Å². The molecule has 0 aromatic heterocycles. The summed E-state index contributed by atoms with van der Waals surface area (Å²) in [5, 5.41) is 3.12. The second-order valence-electron chi connectivity index (χ2n) is 10.4. The SMILES string of the molecule is Cc1cc(C)cc(N(CCCC(=O)N(Cc2ccccc2C)[C@H](C)C(=O)NC2CCCC2)S(C)(=O)=O)c1. The van der Waals surface area contributed by atoms with E-state index in [0.717, 1.165) is 47.9 Å². The molecule has 0 bridgehead atoms. The number of benzene rings is 2. The van der Waals surface area contributed by atoms with Crippen molar-refractivity contribution in [2.24, 2.45) is 0 Å². The maximum absolute atomic E-state index is 13.5. The average Bonchev–Trinajstić information content (AvgIpc) is 3.32. The largest absolute Gasteiger partial charge is 0.352 e. The number of hydrogen-bond acceptors (Lipinski definition) is 4. The zero-order valence-corrected chi connectivity index (χ0v) is 23.6. The number of carbonyl (C=O) groups is 2. The topological polar surface area (TPSA) is 86.8 Å². The van der Waals surface area contributed by atoms with Crippen molar-refractivity contribution in [3.8, 4) is 0 Å². The number of aryl methyl sites for hydroxylation is 3. The molecule has 2 aromatic rings. The zero-order chi connectivity index (χ0) is 27.2. The van der Waals surface area contributed by atoms with E-state index in [1.807, 2.05) is 63.2 Å². The monoisotopic (exact) mass is 527 g/mol. The van der Waals surface area contributed by atoms with Crippen molar-refractivity contribution in [2.75, 3.05) is 17.1 Å². The lowest BCUT2D eigenvalue weighted by molar-refractivity contribution is -0.141. The van der Waals surface area contributed by atoms with Crippen LogP contribution in [0.3, 0.4) is 0 Å². The average molecular weight is 528 g/mol. The Morgan fingerprint density at radius 2 is 1.65 bits per heavy atom. The van der Waals surface area contributed by atoms with Crippen LogP contribution in [0.4, 0.5) is 5.69 Å². The van der Waals surface area contributed by atoms with Crippen LogP contribution in [0.2, 0.25) is 0 Å². The van der Waals surface area contributed by atoms with Gasteiger partial charge in [0, 0.05) is 25.6 Å². The third-order valence-corrected chi connectivity index (χ3v) is 8.31. The van der Waals surface area contributed by atoms with Crippen LogP contribution in [0.5, 0.6) is 0 Å². The van der Waals surface area contributed by atoms with Gasteiger partial charge in [-0.15, -0.1) is 0 Å². The Bertz CT molecular complexity index is 1190. The molecule has 0 spiro atoms. The molecule has 1 N–H and O–H groups in total. The second-order valence-corrected chi connectivity index (χ2v) is 12.3. The summed E-state index contributed by atoms with van der Waals surface area (Å²) in [6, 6.07) is 13.1. The molecular weight excluding hydrogens is 486 g/mol. The molecule has 37 heavy (non-hydrogen) atoms. The summed E-state index contributed by atoms with van der Waals surface area (Å²) >= 11 is 0. The molecule has 202 valence electrons. The van der Waals surface area contributed by atoms with Crippen molar-refractivity contribution in [3.63, 3.8) is 0 Å². The first-order valence-electron chi connectivity index (χ1n) is 13.2. The summed E-state index contributed by atoms with van der Waals surface area (Å²) in [4.78, 5) is 28.2. The van der Waals surface area contributed by atoms with Gasteiger partial charge in [-0.2, -0.15) is 0 Å². The summed E-state index contributed by atoms with van der Waals surface area (Å²) in [7, 11) is -3.52. The fourth-order valence-electron chi connectivity index (χ4n) is 5.04. The molecule has 0 radical (unpaired) electrons. The summed E-state index contributed by atoms with van der Waals surface area (Å²) in [5.74, 6) is -0.298. The first-order valence-corrected chi connectivity index (χ1v) is 15.0. The van der Waals surface area contributed by atoms with Gasteiger partial charge in [0.05, 0.1) is 11.9 Å². The van der Waals surface area contributed by atoms with Gasteiger partial charge < -0.3 is 10.2 Å². The van der Waals surface area contributed by atoms with E-state index in [0.29, 0.717) is 18.7 Å². The molecule has 2 aromatic carbocycles. The van der Waals surface area contributed by atoms with Gasteiger partial charge >= 0.3 is 0 Å². The minimum absolute atomic E-state index is 0.137. The Morgan fingerprint density at radius 1 is 1.03 bits per heavy atom. The van der Waals surface area contributed by atoms with Crippen LogP contribution in [0, 0.1) is 20.8 Å². The number of amides is 2. The molecule has 1 aliphatic rings. The van der Waals surface area contributed by atoms with E-state index in [1.54, 1.807) is 11.8 Å². The molecule has 0 aliphatic heterocycles. The van der Waals surface area contributed by atoms with Crippen LogP contribution in [0.1, 0.15) is 67.7 Å². The van der Waals surface area contributed by atoms with Gasteiger partial charge in [-0.3, -0.25) is 13.9 Å². The fourth-order valence-corrected chi connectivity index (χ4v) is 5.99. The predicted octanol–water partition coefficient (Wildman–Crippen LogP) is 4.63. The number of carbonyl (C=O) groups excluding carboxylic acids is 2. The highest BCUT2D eigenvalue weighted by molar-refractivity contribution is 7.92. The Labute approximate surface area is 222 Å². The number of sulfonamides is 1. The van der Waals surface area contributed by atoms with Crippen LogP contribution < -0.4 is 9.62 Å². The van der Waals surface area contributed by atoms with Crippen LogP contribution in [0.15, 0.2) is 42.5 Å². The molecule has 0 heterocycles. The van der Waals surface area contributed by atoms with E-state index in [9.17, 15) is 18.0 Å². The van der Waals surface area contributed by atoms with E-state index < -0.39 is 16.1 Å². The second kappa shape index (κ2) is 12.6. The Balaban J connectivity index is 1.74. The molecule has 1 saturated carbocycles. The fraction of sp³-hybridized carbons (Fsp3) is 0.517. The van der Waals surface area contributed by atoms with E-state index >= 15 is 0 Å². The third kappa shape index (κ3) is 8.06. The summed E-state index contributed by atoms with van der Waals surface area (Å²) in [6.07, 6.45) is 5.86. The number of hydrogen-bond donors (Lipinski definition) is 1. The lowest BCUT2D eigenvalue weighted by atomic mass is 10.1. The Morgan fingerprint density at radius 3 is 2.24 bits per heavy atom. The van der Waals surface area contributed by atoms with Gasteiger partial charge in [0.15, 0.2) is 0 Å². The van der Waals surface area contributed by atoms with Crippen LogP contribution in [-0.4, -0.2) is 50.0 Å². The van der Waals surface area contributed by atoms with E-state index in [4.69, 9.17) is 0 Å². The van der Waals surface area contributed by atoms with E-state index in [2.05, 4.69) is 5.32 Å². The highest BCUT2D eigenvalue weighted by Crippen LogP contribution is 2.23. The normalized spacial score (nSPS) is 14.8. The first kappa shape index (κ1) is 28.7. The highest BCUT2D eigenvalue weighted by atomic mass is 32.2. The Hall–Kier alpha value is -2.87. The van der Waals surface area contributed by atoms with Gasteiger partial charge in [0.2, 0.25) is 21.8 Å². The highest BCUT2D eigenvalue weighted by Gasteiger charge is 2.29. The maximum Gasteiger partial charge on any atom is 0.242 e. The number of rotatable bonds is 11. The minimum atomic E-state index is -3.52. The summed E-state index contributed by atoms with van der Waals surface area (Å²) < 4.78 is 26.5. The van der Waals surface area contributed by atoms with E-state index in [1.165, 1.54) is 10.6 Å². The molecule has 0 saturated heterocycles. The molecule has 1 aliphatic carbocycles. The van der Waals surface area contributed by atoms with Crippen molar-refractivity contribution in [1.82, 2.24) is 10.2 Å². The molecule has 0 unspecified atom stereocenters. The molecule has 2 amide bonds.